The Balaban J connectivity index is 1.20. The molecule has 9 nitrogen and oxygen atoms in total. The maximum absolute atomic E-state index is 12.5. The van der Waals surface area contributed by atoms with Crippen LogP contribution in [0.5, 0.6) is 0 Å². The van der Waals surface area contributed by atoms with Gasteiger partial charge in [-0.3, -0.25) is 4.79 Å². The van der Waals surface area contributed by atoms with Crippen molar-refractivity contribution >= 4 is 34.5 Å². The van der Waals surface area contributed by atoms with E-state index in [0.717, 1.165) is 23.1 Å². The number of rotatable bonds is 7. The van der Waals surface area contributed by atoms with Crippen LogP contribution in [0.4, 0.5) is 16.4 Å². The number of anilines is 2. The van der Waals surface area contributed by atoms with E-state index >= 15 is 0 Å². The molecular weight excluding hydrogens is 418 g/mol. The molecule has 0 bridgehead atoms. The Bertz CT molecular complexity index is 1090. The molecule has 3 aromatic rings. The minimum absolute atomic E-state index is 0.0387. The predicted molar refractivity (Wildman–Crippen MR) is 129 cm³/mol. The Hall–Kier alpha value is -3.62. The molecule has 0 unspecified atom stereocenters. The molecular formula is C24H31N7O2. The molecule has 0 atom stereocenters. The minimum Gasteiger partial charge on any atom is -0.347 e. The highest BCUT2D eigenvalue weighted by atomic mass is 16.2. The Morgan fingerprint density at radius 3 is 2.55 bits per heavy atom. The van der Waals surface area contributed by atoms with Gasteiger partial charge in [0.1, 0.15) is 0 Å². The van der Waals surface area contributed by atoms with Gasteiger partial charge in [-0.25, -0.2) is 14.8 Å². The van der Waals surface area contributed by atoms with Crippen LogP contribution in [0.25, 0.3) is 10.9 Å². The van der Waals surface area contributed by atoms with Crippen LogP contribution >= 0.6 is 0 Å². The number of nitrogens with zero attached hydrogens (tertiary/aromatic N) is 5. The smallest absolute Gasteiger partial charge is 0.319 e. The SMILES string of the molecule is CC(C)Cn1ccc2cc(NC(=O)NCCC(=O)N3CCN(c4ncccn4)CC3)ccc21. The summed E-state index contributed by atoms with van der Waals surface area (Å²) < 4.78 is 2.22. The van der Waals surface area contributed by atoms with Crippen molar-refractivity contribution in [3.8, 4) is 0 Å². The van der Waals surface area contributed by atoms with Gasteiger partial charge in [0.25, 0.3) is 0 Å². The first-order chi connectivity index (χ1) is 16.0. The van der Waals surface area contributed by atoms with Crippen LogP contribution in [0.2, 0.25) is 0 Å². The molecule has 0 radical (unpaired) electrons. The van der Waals surface area contributed by atoms with Crippen molar-refractivity contribution in [2.75, 3.05) is 42.9 Å². The van der Waals surface area contributed by atoms with Gasteiger partial charge in [-0.1, -0.05) is 13.8 Å². The Labute approximate surface area is 193 Å². The number of carbonyl (C=O) groups is 2. The van der Waals surface area contributed by atoms with Crippen LogP contribution in [-0.4, -0.2) is 64.1 Å². The van der Waals surface area contributed by atoms with Crippen LogP contribution in [-0.2, 0) is 11.3 Å². The number of piperazine rings is 1. The van der Waals surface area contributed by atoms with E-state index in [-0.39, 0.29) is 18.4 Å². The number of nitrogens with one attached hydrogen (secondary N) is 2. The van der Waals surface area contributed by atoms with E-state index in [1.807, 2.05) is 23.1 Å². The molecule has 3 amide bonds. The molecule has 33 heavy (non-hydrogen) atoms. The van der Waals surface area contributed by atoms with Crippen molar-refractivity contribution in [1.29, 1.82) is 0 Å². The van der Waals surface area contributed by atoms with E-state index in [1.54, 1.807) is 18.5 Å². The van der Waals surface area contributed by atoms with Crippen LogP contribution in [0, 0.1) is 5.92 Å². The normalized spacial score (nSPS) is 14.0. The molecule has 2 aromatic heterocycles. The quantitative estimate of drug-likeness (QED) is 0.578. The molecule has 2 N–H and O–H groups in total. The second-order valence-electron chi connectivity index (χ2n) is 8.68. The van der Waals surface area contributed by atoms with Gasteiger partial charge in [-0.2, -0.15) is 0 Å². The molecule has 174 valence electrons. The highest BCUT2D eigenvalue weighted by Crippen LogP contribution is 2.21. The number of carbonyl (C=O) groups excluding carboxylic acids is 2. The van der Waals surface area contributed by atoms with Crippen molar-refractivity contribution in [3.05, 3.63) is 48.9 Å². The summed E-state index contributed by atoms with van der Waals surface area (Å²) in [5.74, 6) is 1.29. The summed E-state index contributed by atoms with van der Waals surface area (Å²) >= 11 is 0. The fourth-order valence-corrected chi connectivity index (χ4v) is 4.06. The number of aromatic nitrogens is 3. The van der Waals surface area contributed by atoms with Gasteiger partial charge in [-0.15, -0.1) is 0 Å². The fraction of sp³-hybridized carbons (Fsp3) is 0.417. The average Bonchev–Trinajstić information content (AvgIpc) is 3.21. The number of hydrogen-bond acceptors (Lipinski definition) is 5. The lowest BCUT2D eigenvalue weighted by atomic mass is 10.2. The summed E-state index contributed by atoms with van der Waals surface area (Å²) in [7, 11) is 0. The van der Waals surface area contributed by atoms with Crippen molar-refractivity contribution in [3.63, 3.8) is 0 Å². The van der Waals surface area contributed by atoms with Gasteiger partial charge in [0, 0.05) is 80.9 Å². The largest absolute Gasteiger partial charge is 0.347 e. The van der Waals surface area contributed by atoms with Gasteiger partial charge in [0.15, 0.2) is 0 Å². The number of amides is 3. The van der Waals surface area contributed by atoms with E-state index in [9.17, 15) is 9.59 Å². The number of hydrogen-bond donors (Lipinski definition) is 2. The zero-order chi connectivity index (χ0) is 23.2. The molecule has 1 aliphatic rings. The van der Waals surface area contributed by atoms with Crippen LogP contribution in [0.1, 0.15) is 20.3 Å². The summed E-state index contributed by atoms with van der Waals surface area (Å²) in [5.41, 5.74) is 1.88. The lowest BCUT2D eigenvalue weighted by Gasteiger charge is -2.34. The lowest BCUT2D eigenvalue weighted by molar-refractivity contribution is -0.131. The van der Waals surface area contributed by atoms with E-state index < -0.39 is 0 Å². The molecule has 0 saturated carbocycles. The van der Waals surface area contributed by atoms with Crippen molar-refractivity contribution in [1.82, 2.24) is 24.8 Å². The third-order valence-electron chi connectivity index (χ3n) is 5.68. The van der Waals surface area contributed by atoms with Crippen LogP contribution in [0.15, 0.2) is 48.9 Å². The summed E-state index contributed by atoms with van der Waals surface area (Å²) in [5, 5.41) is 6.73. The van der Waals surface area contributed by atoms with Gasteiger partial charge in [0.2, 0.25) is 11.9 Å². The molecule has 1 fully saturated rings. The first-order valence-corrected chi connectivity index (χ1v) is 11.4. The lowest BCUT2D eigenvalue weighted by Crippen LogP contribution is -2.49. The van der Waals surface area contributed by atoms with Gasteiger partial charge >= 0.3 is 6.03 Å². The Kier molecular flexibility index (Phi) is 7.07. The monoisotopic (exact) mass is 449 g/mol. The van der Waals surface area contributed by atoms with Gasteiger partial charge < -0.3 is 25.0 Å². The fourth-order valence-electron chi connectivity index (χ4n) is 4.06. The maximum atomic E-state index is 12.5. The molecule has 4 rings (SSSR count). The second kappa shape index (κ2) is 10.3. The van der Waals surface area contributed by atoms with Crippen LogP contribution < -0.4 is 15.5 Å². The zero-order valence-corrected chi connectivity index (χ0v) is 19.2. The first kappa shape index (κ1) is 22.6. The summed E-state index contributed by atoms with van der Waals surface area (Å²) in [6.45, 7) is 8.28. The summed E-state index contributed by atoms with van der Waals surface area (Å²) in [6, 6.07) is 9.43. The Morgan fingerprint density at radius 1 is 1.06 bits per heavy atom. The topological polar surface area (TPSA) is 95.4 Å². The van der Waals surface area contributed by atoms with Gasteiger partial charge in [-0.05, 0) is 36.2 Å². The number of fused-ring (bicyclic) bond motifs is 1. The molecule has 0 spiro atoms. The third kappa shape index (κ3) is 5.79. The summed E-state index contributed by atoms with van der Waals surface area (Å²) in [4.78, 5) is 37.2. The highest BCUT2D eigenvalue weighted by molar-refractivity contribution is 5.93. The molecule has 3 heterocycles. The highest BCUT2D eigenvalue weighted by Gasteiger charge is 2.22. The number of benzene rings is 1. The van der Waals surface area contributed by atoms with E-state index in [1.165, 1.54) is 0 Å². The molecule has 0 aliphatic carbocycles. The summed E-state index contributed by atoms with van der Waals surface area (Å²) in [6.07, 6.45) is 5.79. The first-order valence-electron chi connectivity index (χ1n) is 11.4. The van der Waals surface area contributed by atoms with Crippen LogP contribution in [0.3, 0.4) is 0 Å². The van der Waals surface area contributed by atoms with Gasteiger partial charge in [0.05, 0.1) is 0 Å². The zero-order valence-electron chi connectivity index (χ0n) is 19.2. The van der Waals surface area contributed by atoms with E-state index in [0.29, 0.717) is 44.6 Å². The average molecular weight is 450 g/mol. The van der Waals surface area contributed by atoms with Crippen molar-refractivity contribution < 1.29 is 9.59 Å². The molecule has 9 heteroatoms. The van der Waals surface area contributed by atoms with E-state index in [2.05, 4.69) is 56.2 Å². The third-order valence-corrected chi connectivity index (χ3v) is 5.68. The standard InChI is InChI=1S/C24H31N7O2/c1-18(2)17-31-11-7-19-16-20(4-5-21(19)31)28-24(33)27-10-6-22(32)29-12-14-30(15-13-29)23-25-8-3-9-26-23/h3-5,7-9,11,16,18H,6,10,12-15,17H2,1-2H3,(H2,27,28,33). The van der Waals surface area contributed by atoms with Crippen molar-refractivity contribution in [2.24, 2.45) is 5.92 Å². The molecule has 1 aromatic carbocycles. The van der Waals surface area contributed by atoms with E-state index in [4.69, 9.17) is 0 Å². The minimum atomic E-state index is -0.310. The second-order valence-corrected chi connectivity index (χ2v) is 8.68. The molecule has 1 aliphatic heterocycles. The van der Waals surface area contributed by atoms with Crippen molar-refractivity contribution in [2.45, 2.75) is 26.8 Å². The maximum Gasteiger partial charge on any atom is 0.319 e. The number of urea groups is 1. The Morgan fingerprint density at radius 2 is 1.82 bits per heavy atom. The molecule has 1 saturated heterocycles. The predicted octanol–water partition coefficient (Wildman–Crippen LogP) is 2.95.